The minimum absolute atomic E-state index is 0.656. The predicted molar refractivity (Wildman–Crippen MR) is 85.9 cm³/mol. The molecule has 1 saturated heterocycles. The number of fused-ring (bicyclic) bond motifs is 1. The number of benzene rings is 1. The molecule has 1 aliphatic carbocycles. The van der Waals surface area contributed by atoms with E-state index in [0.29, 0.717) is 12.5 Å². The molecule has 1 heterocycles. The second-order valence-corrected chi connectivity index (χ2v) is 5.28. The Kier molecular flexibility index (Phi) is 5.81. The third-order valence-corrected chi connectivity index (χ3v) is 4.19. The molecule has 110 valence electrons. The summed E-state index contributed by atoms with van der Waals surface area (Å²) in [4.78, 5) is 0. The van der Waals surface area contributed by atoms with Gasteiger partial charge in [-0.15, -0.1) is 0 Å². The third-order valence-electron chi connectivity index (χ3n) is 4.19. The van der Waals surface area contributed by atoms with Crippen LogP contribution in [0, 0.1) is 0 Å². The van der Waals surface area contributed by atoms with Crippen LogP contribution in [0.3, 0.4) is 0 Å². The molecular formula is C18H27NO. The summed E-state index contributed by atoms with van der Waals surface area (Å²) in [6, 6.07) is 6.98. The van der Waals surface area contributed by atoms with Crippen LogP contribution in [-0.4, -0.2) is 19.8 Å². The van der Waals surface area contributed by atoms with Gasteiger partial charge >= 0.3 is 0 Å². The van der Waals surface area contributed by atoms with Crippen molar-refractivity contribution in [2.24, 2.45) is 5.73 Å². The molecule has 0 aromatic heterocycles. The first kappa shape index (κ1) is 15.3. The number of nitrogens with two attached hydrogens (primary N) is 1. The zero-order valence-electron chi connectivity index (χ0n) is 12.8. The maximum Gasteiger partial charge on any atom is 0.0471 e. The van der Waals surface area contributed by atoms with Gasteiger partial charge in [-0.05, 0) is 53.9 Å². The highest BCUT2D eigenvalue weighted by Crippen LogP contribution is 2.32. The Morgan fingerprint density at radius 2 is 1.95 bits per heavy atom. The van der Waals surface area contributed by atoms with Crippen molar-refractivity contribution < 1.29 is 4.74 Å². The lowest BCUT2D eigenvalue weighted by Crippen LogP contribution is -2.15. The molecule has 1 aliphatic heterocycles. The molecule has 1 aromatic rings. The lowest BCUT2D eigenvalue weighted by atomic mass is 9.85. The molecule has 0 atom stereocenters. The van der Waals surface area contributed by atoms with Gasteiger partial charge in [0, 0.05) is 19.8 Å². The van der Waals surface area contributed by atoms with Crippen LogP contribution >= 0.6 is 0 Å². The Labute approximate surface area is 123 Å². The molecule has 2 aliphatic rings. The van der Waals surface area contributed by atoms with Crippen molar-refractivity contribution in [3.05, 3.63) is 41.0 Å². The average Bonchev–Trinajstić information content (AvgIpc) is 2.56. The minimum Gasteiger partial charge on any atom is -0.381 e. The number of rotatable bonds is 2. The van der Waals surface area contributed by atoms with E-state index in [-0.39, 0.29) is 0 Å². The lowest BCUT2D eigenvalue weighted by Gasteiger charge is -2.25. The van der Waals surface area contributed by atoms with Crippen molar-refractivity contribution in [2.45, 2.75) is 45.4 Å². The van der Waals surface area contributed by atoms with Gasteiger partial charge in [0.1, 0.15) is 0 Å². The first-order chi connectivity index (χ1) is 9.88. The van der Waals surface area contributed by atoms with E-state index >= 15 is 0 Å². The molecule has 0 unspecified atom stereocenters. The SMILES string of the molecule is CC.NCC1=CCCc2cc(C3CCOCC3)ccc21. The molecular weight excluding hydrogens is 246 g/mol. The van der Waals surface area contributed by atoms with Crippen molar-refractivity contribution >= 4 is 5.57 Å². The monoisotopic (exact) mass is 273 g/mol. The molecule has 0 saturated carbocycles. The number of ether oxygens (including phenoxy) is 1. The quantitative estimate of drug-likeness (QED) is 0.887. The molecule has 2 nitrogen and oxygen atoms in total. The Hall–Kier alpha value is -1.12. The van der Waals surface area contributed by atoms with Crippen molar-refractivity contribution in [1.82, 2.24) is 0 Å². The Morgan fingerprint density at radius 1 is 1.20 bits per heavy atom. The van der Waals surface area contributed by atoms with Gasteiger partial charge in [-0.3, -0.25) is 0 Å². The van der Waals surface area contributed by atoms with E-state index < -0.39 is 0 Å². The van der Waals surface area contributed by atoms with Crippen LogP contribution in [0.15, 0.2) is 24.3 Å². The molecule has 2 heteroatoms. The van der Waals surface area contributed by atoms with Gasteiger partial charge in [0.05, 0.1) is 0 Å². The van der Waals surface area contributed by atoms with Gasteiger partial charge in [0.2, 0.25) is 0 Å². The van der Waals surface area contributed by atoms with E-state index in [1.165, 1.54) is 35.1 Å². The van der Waals surface area contributed by atoms with Gasteiger partial charge in [0.15, 0.2) is 0 Å². The maximum absolute atomic E-state index is 5.81. The van der Waals surface area contributed by atoms with E-state index in [4.69, 9.17) is 10.5 Å². The van der Waals surface area contributed by atoms with Crippen LogP contribution in [0.5, 0.6) is 0 Å². The summed E-state index contributed by atoms with van der Waals surface area (Å²) in [6.45, 7) is 6.48. The van der Waals surface area contributed by atoms with Gasteiger partial charge in [-0.1, -0.05) is 38.1 Å². The van der Waals surface area contributed by atoms with E-state index in [2.05, 4.69) is 24.3 Å². The van der Waals surface area contributed by atoms with Crippen LogP contribution in [0.25, 0.3) is 5.57 Å². The molecule has 3 rings (SSSR count). The zero-order chi connectivity index (χ0) is 14.4. The molecule has 0 bridgehead atoms. The number of aryl methyl sites for hydroxylation is 1. The highest BCUT2D eigenvalue weighted by Gasteiger charge is 2.18. The number of hydrogen-bond donors (Lipinski definition) is 1. The van der Waals surface area contributed by atoms with Crippen molar-refractivity contribution in [3.63, 3.8) is 0 Å². The molecule has 0 radical (unpaired) electrons. The van der Waals surface area contributed by atoms with Crippen LogP contribution in [-0.2, 0) is 11.2 Å². The first-order valence-electron chi connectivity index (χ1n) is 7.98. The fraction of sp³-hybridized carbons (Fsp3) is 0.556. The summed E-state index contributed by atoms with van der Waals surface area (Å²) in [5.74, 6) is 0.691. The molecule has 0 amide bonds. The Balaban J connectivity index is 0.000000704. The lowest BCUT2D eigenvalue weighted by molar-refractivity contribution is 0.0853. The second-order valence-electron chi connectivity index (χ2n) is 5.28. The second kappa shape index (κ2) is 7.61. The Bertz CT molecular complexity index is 458. The number of allylic oxidation sites excluding steroid dienone is 1. The van der Waals surface area contributed by atoms with E-state index in [1.807, 2.05) is 13.8 Å². The topological polar surface area (TPSA) is 35.2 Å². The summed E-state index contributed by atoms with van der Waals surface area (Å²) < 4.78 is 5.44. The minimum atomic E-state index is 0.656. The summed E-state index contributed by atoms with van der Waals surface area (Å²) in [5, 5.41) is 0. The van der Waals surface area contributed by atoms with E-state index in [1.54, 1.807) is 0 Å². The molecule has 1 aromatic carbocycles. The fourth-order valence-electron chi connectivity index (χ4n) is 3.12. The van der Waals surface area contributed by atoms with Crippen molar-refractivity contribution in [1.29, 1.82) is 0 Å². The first-order valence-corrected chi connectivity index (χ1v) is 7.98. The highest BCUT2D eigenvalue weighted by atomic mass is 16.5. The highest BCUT2D eigenvalue weighted by molar-refractivity contribution is 5.71. The van der Waals surface area contributed by atoms with Gasteiger partial charge in [0.25, 0.3) is 0 Å². The van der Waals surface area contributed by atoms with Gasteiger partial charge in [-0.25, -0.2) is 0 Å². The standard InChI is InChI=1S/C16H21NO.C2H6/c17-11-15-3-1-2-14-10-13(4-5-16(14)15)12-6-8-18-9-7-12;1-2/h3-5,10,12H,1-2,6-9,11,17H2;1-2H3. The van der Waals surface area contributed by atoms with Gasteiger partial charge < -0.3 is 10.5 Å². The Morgan fingerprint density at radius 3 is 2.65 bits per heavy atom. The largest absolute Gasteiger partial charge is 0.381 e. The predicted octanol–water partition coefficient (Wildman–Crippen LogP) is 3.90. The van der Waals surface area contributed by atoms with Crippen LogP contribution < -0.4 is 5.73 Å². The smallest absolute Gasteiger partial charge is 0.0471 e. The fourth-order valence-corrected chi connectivity index (χ4v) is 3.12. The maximum atomic E-state index is 5.81. The normalized spacial score (nSPS) is 18.6. The van der Waals surface area contributed by atoms with Crippen LogP contribution in [0.4, 0.5) is 0 Å². The zero-order valence-corrected chi connectivity index (χ0v) is 12.8. The van der Waals surface area contributed by atoms with Crippen LogP contribution in [0.2, 0.25) is 0 Å². The molecule has 1 fully saturated rings. The molecule has 20 heavy (non-hydrogen) atoms. The van der Waals surface area contributed by atoms with E-state index in [9.17, 15) is 0 Å². The van der Waals surface area contributed by atoms with Crippen molar-refractivity contribution in [3.8, 4) is 0 Å². The van der Waals surface area contributed by atoms with Crippen molar-refractivity contribution in [2.75, 3.05) is 19.8 Å². The summed E-state index contributed by atoms with van der Waals surface area (Å²) in [6.07, 6.45) is 6.92. The number of hydrogen-bond acceptors (Lipinski definition) is 2. The van der Waals surface area contributed by atoms with Crippen LogP contribution in [0.1, 0.15) is 55.7 Å². The van der Waals surface area contributed by atoms with Gasteiger partial charge in [-0.2, -0.15) is 0 Å². The molecule has 0 spiro atoms. The average molecular weight is 273 g/mol. The molecule has 2 N–H and O–H groups in total. The third kappa shape index (κ3) is 3.31. The summed E-state index contributed by atoms with van der Waals surface area (Å²) in [5.41, 5.74) is 11.5. The summed E-state index contributed by atoms with van der Waals surface area (Å²) >= 11 is 0. The summed E-state index contributed by atoms with van der Waals surface area (Å²) in [7, 11) is 0. The van der Waals surface area contributed by atoms with E-state index in [0.717, 1.165) is 26.1 Å².